The van der Waals surface area contributed by atoms with Gasteiger partial charge in [0.15, 0.2) is 0 Å². The van der Waals surface area contributed by atoms with Crippen molar-refractivity contribution in [2.75, 3.05) is 7.05 Å². The topological polar surface area (TPSA) is 42.9 Å². The Kier molecular flexibility index (Phi) is 8.06. The molecular weight excluding hydrogens is 348 g/mol. The van der Waals surface area contributed by atoms with E-state index in [1.54, 1.807) is 13.1 Å². The van der Waals surface area contributed by atoms with Crippen LogP contribution < -0.4 is 51.4 Å². The summed E-state index contributed by atoms with van der Waals surface area (Å²) in [4.78, 5) is 0. The molecule has 0 atom stereocenters. The monoisotopic (exact) mass is 353 g/mol. The van der Waals surface area contributed by atoms with E-state index in [1.165, 1.54) is 9.12 Å². The number of halogens is 2. The van der Waals surface area contributed by atoms with E-state index >= 15 is 0 Å². The van der Waals surface area contributed by atoms with Crippen molar-refractivity contribution >= 4 is 52.9 Å². The first-order valence-corrected chi connectivity index (χ1v) is 6.74. The number of aromatic nitrogens is 1. The Bertz CT molecular complexity index is 304. The van der Waals surface area contributed by atoms with Gasteiger partial charge in [-0.2, -0.15) is 0 Å². The van der Waals surface area contributed by atoms with Crippen LogP contribution in [0.5, 0.6) is 0 Å². The summed E-state index contributed by atoms with van der Waals surface area (Å²) in [6.07, 6.45) is 1.84. The zero-order chi connectivity index (χ0) is 9.14. The summed E-state index contributed by atoms with van der Waals surface area (Å²) in [6.45, 7) is 0. The molecule has 0 aliphatic carbocycles. The summed E-state index contributed by atoms with van der Waals surface area (Å²) in [5.41, 5.74) is 0.670. The van der Waals surface area contributed by atoms with Crippen molar-refractivity contribution in [1.82, 2.24) is 3.97 Å². The van der Waals surface area contributed by atoms with Crippen LogP contribution in [0, 0.1) is 5.41 Å². The molecular formula is C6H6ClIKN3S. The fourth-order valence-electron chi connectivity index (χ4n) is 0.852. The van der Waals surface area contributed by atoms with E-state index in [1.807, 2.05) is 10.2 Å². The van der Waals surface area contributed by atoms with Crippen LogP contribution in [0.3, 0.4) is 0 Å². The van der Waals surface area contributed by atoms with Crippen molar-refractivity contribution in [3.05, 3.63) is 23.1 Å². The van der Waals surface area contributed by atoms with Gasteiger partial charge in [0.25, 0.3) is 0 Å². The minimum absolute atomic E-state index is 0. The van der Waals surface area contributed by atoms with E-state index < -0.39 is 0 Å². The van der Waals surface area contributed by atoms with Gasteiger partial charge in [-0.3, -0.25) is 5.41 Å². The number of hydrogen-bond acceptors (Lipinski definition) is 2. The van der Waals surface area contributed by atoms with Gasteiger partial charge in [-0.05, 0) is 27.0 Å². The number of nitrogens with one attached hydrogen (secondary N) is 1. The van der Waals surface area contributed by atoms with Crippen molar-refractivity contribution in [1.29, 1.82) is 5.41 Å². The molecule has 1 rings (SSSR count). The van der Waals surface area contributed by atoms with Crippen LogP contribution in [0.1, 0.15) is 5.56 Å². The second kappa shape index (κ2) is 7.10. The van der Waals surface area contributed by atoms with Gasteiger partial charge in [-0.25, -0.2) is 0 Å². The van der Waals surface area contributed by atoms with Gasteiger partial charge in [-0.1, -0.05) is 40.0 Å². The summed E-state index contributed by atoms with van der Waals surface area (Å²) in [5, 5.41) is 11.3. The van der Waals surface area contributed by atoms with E-state index in [0.29, 0.717) is 5.56 Å². The maximum absolute atomic E-state index is 7.25. The van der Waals surface area contributed by atoms with Crippen LogP contribution in [-0.4, -0.2) is 16.2 Å². The van der Waals surface area contributed by atoms with Crippen LogP contribution in [0.25, 0.3) is 5.32 Å². The first kappa shape index (κ1) is 14.8. The van der Waals surface area contributed by atoms with E-state index in [2.05, 4.69) is 26.5 Å². The average molecular weight is 354 g/mol. The zero-order valence-electron chi connectivity index (χ0n) is 7.21. The van der Waals surface area contributed by atoms with Crippen LogP contribution >= 0.6 is 41.9 Å². The molecule has 0 amide bonds. The minimum atomic E-state index is 0. The smallest absolute Gasteiger partial charge is 0.468 e. The second-order valence-electron chi connectivity index (χ2n) is 1.99. The summed E-state index contributed by atoms with van der Waals surface area (Å²) < 4.78 is 1.85. The quantitative estimate of drug-likeness (QED) is 0.481. The Balaban J connectivity index is 0.00000144. The van der Waals surface area contributed by atoms with Gasteiger partial charge in [0.2, 0.25) is 0 Å². The predicted octanol–water partition coefficient (Wildman–Crippen LogP) is 0.538. The SMILES string of the molecule is C[N-]c1c(C(=N)Cl)ccn1SI.[K+]. The Morgan fingerprint density at radius 2 is 2.38 bits per heavy atom. The molecule has 0 bridgehead atoms. The largest absolute Gasteiger partial charge is 1.00 e. The average Bonchev–Trinajstić information content (AvgIpc) is 2.46. The van der Waals surface area contributed by atoms with Crippen molar-refractivity contribution in [3.8, 4) is 0 Å². The fourth-order valence-corrected chi connectivity index (χ4v) is 2.31. The maximum atomic E-state index is 7.25. The molecule has 7 heteroatoms. The Morgan fingerprint density at radius 3 is 2.77 bits per heavy atom. The molecule has 1 aromatic rings. The van der Waals surface area contributed by atoms with Crippen LogP contribution in [0.15, 0.2) is 12.3 Å². The summed E-state index contributed by atoms with van der Waals surface area (Å²) in [5.74, 6) is 0.731. The predicted molar refractivity (Wildman–Crippen MR) is 63.1 cm³/mol. The van der Waals surface area contributed by atoms with Gasteiger partial charge < -0.3 is 9.29 Å². The molecule has 0 saturated heterocycles. The van der Waals surface area contributed by atoms with Gasteiger partial charge in [-0.15, -0.1) is 0 Å². The van der Waals surface area contributed by atoms with Crippen molar-refractivity contribution < 1.29 is 51.4 Å². The molecule has 1 N–H and O–H groups in total. The molecule has 0 saturated carbocycles. The van der Waals surface area contributed by atoms with Crippen LogP contribution in [0.4, 0.5) is 5.82 Å². The molecule has 3 nitrogen and oxygen atoms in total. The van der Waals surface area contributed by atoms with Gasteiger partial charge in [0.1, 0.15) is 5.17 Å². The maximum Gasteiger partial charge on any atom is 1.00 e. The summed E-state index contributed by atoms with van der Waals surface area (Å²) in [6, 6.07) is 1.78. The Morgan fingerprint density at radius 1 is 1.77 bits per heavy atom. The number of nitrogens with zero attached hydrogens (tertiary/aromatic N) is 2. The minimum Gasteiger partial charge on any atom is -0.468 e. The molecule has 0 aliphatic rings. The third kappa shape index (κ3) is 3.67. The second-order valence-corrected chi connectivity index (χ2v) is 4.08. The number of rotatable bonds is 3. The molecule has 0 aromatic carbocycles. The van der Waals surface area contributed by atoms with Crippen molar-refractivity contribution in [2.45, 2.75) is 0 Å². The standard InChI is InChI=1S/C6H6ClIN3S.K/c1-10-6-4(5(7)9)2-3-11(6)12-8;/h2-3,9H,1H3;/q-1;+1. The molecule has 0 fully saturated rings. The van der Waals surface area contributed by atoms with Crippen LogP contribution in [-0.2, 0) is 0 Å². The van der Waals surface area contributed by atoms with E-state index in [0.717, 1.165) is 5.82 Å². The molecule has 13 heavy (non-hydrogen) atoms. The van der Waals surface area contributed by atoms with Gasteiger partial charge in [0, 0.05) is 5.56 Å². The van der Waals surface area contributed by atoms with Crippen LogP contribution in [0.2, 0.25) is 0 Å². The number of hydrogen-bond donors (Lipinski definition) is 1. The van der Waals surface area contributed by atoms with E-state index in [9.17, 15) is 0 Å². The first-order chi connectivity index (χ1) is 5.70. The van der Waals surface area contributed by atoms with Gasteiger partial charge >= 0.3 is 51.4 Å². The van der Waals surface area contributed by atoms with Crippen molar-refractivity contribution in [3.63, 3.8) is 0 Å². The molecule has 1 aromatic heterocycles. The first-order valence-electron chi connectivity index (χ1n) is 3.05. The zero-order valence-corrected chi connectivity index (χ0v) is 14.1. The molecule has 1 heterocycles. The molecule has 0 unspecified atom stereocenters. The normalized spacial score (nSPS) is 9.15. The van der Waals surface area contributed by atoms with E-state index in [4.69, 9.17) is 17.0 Å². The molecule has 66 valence electrons. The third-order valence-corrected chi connectivity index (χ3v) is 3.27. The summed E-state index contributed by atoms with van der Waals surface area (Å²) in [7, 11) is 3.18. The van der Waals surface area contributed by atoms with Gasteiger partial charge in [0.05, 0.1) is 0 Å². The van der Waals surface area contributed by atoms with E-state index in [-0.39, 0.29) is 56.6 Å². The van der Waals surface area contributed by atoms with Crippen molar-refractivity contribution in [2.24, 2.45) is 0 Å². The fraction of sp³-hybridized carbons (Fsp3) is 0.167. The third-order valence-electron chi connectivity index (χ3n) is 1.35. The molecule has 0 aliphatic heterocycles. The summed E-state index contributed by atoms with van der Waals surface area (Å²) >= 11 is 7.70. The Hall–Kier alpha value is 1.76. The Labute approximate surface area is 141 Å². The molecule has 0 radical (unpaired) electrons. The molecule has 0 spiro atoms.